The summed E-state index contributed by atoms with van der Waals surface area (Å²) in [6.07, 6.45) is 0. The summed E-state index contributed by atoms with van der Waals surface area (Å²) in [5.41, 5.74) is 0.574. The number of carbonyl (C=O) groups excluding carboxylic acids is 2. The van der Waals surface area contributed by atoms with E-state index in [0.29, 0.717) is 36.8 Å². The minimum atomic E-state index is -0.0866. The molecule has 1 aromatic rings. The normalized spacial score (nSPS) is 15.5. The van der Waals surface area contributed by atoms with E-state index < -0.39 is 0 Å². The smallest absolute Gasteiger partial charge is 0.254 e. The molecule has 0 atom stereocenters. The first-order valence-corrected chi connectivity index (χ1v) is 6.91. The molecule has 6 heteroatoms. The molecule has 0 unspecified atom stereocenters. The standard InChI is InChI=1S/C13H14Cl2N2O2/c14-9-12(18)16-4-6-17(7-5-16)13(19)10-2-1-3-11(15)8-10/h1-3,8H,4-7,9H2. The van der Waals surface area contributed by atoms with E-state index in [4.69, 9.17) is 23.2 Å². The number of nitrogens with zero attached hydrogens (tertiary/aromatic N) is 2. The highest BCUT2D eigenvalue weighted by atomic mass is 35.5. The van der Waals surface area contributed by atoms with Gasteiger partial charge in [-0.3, -0.25) is 9.59 Å². The van der Waals surface area contributed by atoms with Crippen molar-refractivity contribution in [1.82, 2.24) is 9.80 Å². The maximum Gasteiger partial charge on any atom is 0.254 e. The van der Waals surface area contributed by atoms with Crippen LogP contribution in [0, 0.1) is 0 Å². The molecule has 2 rings (SSSR count). The van der Waals surface area contributed by atoms with Crippen LogP contribution < -0.4 is 0 Å². The zero-order chi connectivity index (χ0) is 13.8. The molecule has 1 aliphatic heterocycles. The molecule has 0 spiro atoms. The molecule has 1 fully saturated rings. The molecule has 0 aliphatic carbocycles. The topological polar surface area (TPSA) is 40.6 Å². The summed E-state index contributed by atoms with van der Waals surface area (Å²) in [7, 11) is 0. The zero-order valence-electron chi connectivity index (χ0n) is 10.3. The lowest BCUT2D eigenvalue weighted by atomic mass is 10.2. The fourth-order valence-corrected chi connectivity index (χ4v) is 2.41. The van der Waals surface area contributed by atoms with Gasteiger partial charge < -0.3 is 9.80 Å². The summed E-state index contributed by atoms with van der Waals surface area (Å²) in [5, 5.41) is 0.543. The van der Waals surface area contributed by atoms with Gasteiger partial charge in [-0.15, -0.1) is 11.6 Å². The van der Waals surface area contributed by atoms with Gasteiger partial charge >= 0.3 is 0 Å². The van der Waals surface area contributed by atoms with E-state index >= 15 is 0 Å². The van der Waals surface area contributed by atoms with Crippen molar-refractivity contribution < 1.29 is 9.59 Å². The van der Waals surface area contributed by atoms with Gasteiger partial charge in [0.1, 0.15) is 5.88 Å². The van der Waals surface area contributed by atoms with Crippen LogP contribution in [0.5, 0.6) is 0 Å². The third kappa shape index (κ3) is 3.39. The number of amides is 2. The lowest BCUT2D eigenvalue weighted by Crippen LogP contribution is -2.50. The third-order valence-electron chi connectivity index (χ3n) is 3.11. The number of halogens is 2. The van der Waals surface area contributed by atoms with Gasteiger partial charge in [-0.1, -0.05) is 17.7 Å². The second kappa shape index (κ2) is 6.26. The fraction of sp³-hybridized carbons (Fsp3) is 0.385. The summed E-state index contributed by atoms with van der Waals surface area (Å²) < 4.78 is 0. The molecular weight excluding hydrogens is 287 g/mol. The molecule has 1 aliphatic rings. The van der Waals surface area contributed by atoms with Crippen LogP contribution in [0.15, 0.2) is 24.3 Å². The number of rotatable bonds is 2. The predicted molar refractivity (Wildman–Crippen MR) is 74.7 cm³/mol. The van der Waals surface area contributed by atoms with E-state index in [1.54, 1.807) is 34.1 Å². The average Bonchev–Trinajstić information content (AvgIpc) is 2.46. The minimum absolute atomic E-state index is 0.0117. The Labute approximate surface area is 121 Å². The van der Waals surface area contributed by atoms with E-state index in [0.717, 1.165) is 0 Å². The molecule has 4 nitrogen and oxygen atoms in total. The molecule has 2 amide bonds. The lowest BCUT2D eigenvalue weighted by molar-refractivity contribution is -0.129. The van der Waals surface area contributed by atoms with Crippen LogP contribution >= 0.6 is 23.2 Å². The predicted octanol–water partition coefficient (Wildman–Crippen LogP) is 1.86. The van der Waals surface area contributed by atoms with Crippen LogP contribution in [0.2, 0.25) is 5.02 Å². The van der Waals surface area contributed by atoms with Crippen molar-refractivity contribution in [2.45, 2.75) is 0 Å². The fourth-order valence-electron chi connectivity index (χ4n) is 2.05. The maximum absolute atomic E-state index is 12.2. The monoisotopic (exact) mass is 300 g/mol. The maximum atomic E-state index is 12.2. The van der Waals surface area contributed by atoms with Crippen LogP contribution in [0.1, 0.15) is 10.4 Å². The SMILES string of the molecule is O=C(CCl)N1CCN(C(=O)c2cccc(Cl)c2)CC1. The number of piperazine rings is 1. The Morgan fingerprint density at radius 2 is 1.74 bits per heavy atom. The summed E-state index contributed by atoms with van der Waals surface area (Å²) in [6.45, 7) is 2.09. The Morgan fingerprint density at radius 1 is 1.11 bits per heavy atom. The Hall–Kier alpha value is -1.26. The van der Waals surface area contributed by atoms with Crippen molar-refractivity contribution in [2.75, 3.05) is 32.1 Å². The van der Waals surface area contributed by atoms with Gasteiger partial charge in [0.2, 0.25) is 5.91 Å². The van der Waals surface area contributed by atoms with Crippen LogP contribution in [-0.2, 0) is 4.79 Å². The van der Waals surface area contributed by atoms with E-state index in [9.17, 15) is 9.59 Å². The third-order valence-corrected chi connectivity index (χ3v) is 3.57. The van der Waals surface area contributed by atoms with Crippen molar-refractivity contribution in [1.29, 1.82) is 0 Å². The van der Waals surface area contributed by atoms with Gasteiger partial charge in [-0.05, 0) is 18.2 Å². The molecule has 1 heterocycles. The molecule has 0 N–H and O–H groups in total. The van der Waals surface area contributed by atoms with Gasteiger partial charge in [0.25, 0.3) is 5.91 Å². The van der Waals surface area contributed by atoms with Crippen molar-refractivity contribution in [3.8, 4) is 0 Å². The van der Waals surface area contributed by atoms with Gasteiger partial charge in [0, 0.05) is 36.8 Å². The number of hydrogen-bond acceptors (Lipinski definition) is 2. The Bertz CT molecular complexity index is 485. The molecule has 0 radical (unpaired) electrons. The van der Waals surface area contributed by atoms with Crippen LogP contribution in [0.25, 0.3) is 0 Å². The van der Waals surface area contributed by atoms with Gasteiger partial charge in [-0.25, -0.2) is 0 Å². The quantitative estimate of drug-likeness (QED) is 0.782. The van der Waals surface area contributed by atoms with Gasteiger partial charge in [-0.2, -0.15) is 0 Å². The van der Waals surface area contributed by atoms with Crippen molar-refractivity contribution in [3.05, 3.63) is 34.9 Å². The number of carbonyl (C=O) groups is 2. The first-order valence-electron chi connectivity index (χ1n) is 6.00. The summed E-state index contributed by atoms with van der Waals surface area (Å²) >= 11 is 11.4. The summed E-state index contributed by atoms with van der Waals surface area (Å²) in [6, 6.07) is 6.88. The van der Waals surface area contributed by atoms with Gasteiger partial charge in [0.15, 0.2) is 0 Å². The zero-order valence-corrected chi connectivity index (χ0v) is 11.8. The van der Waals surface area contributed by atoms with Crippen LogP contribution in [0.4, 0.5) is 0 Å². The van der Waals surface area contributed by atoms with E-state index in [-0.39, 0.29) is 17.7 Å². The van der Waals surface area contributed by atoms with Crippen LogP contribution in [0.3, 0.4) is 0 Å². The summed E-state index contributed by atoms with van der Waals surface area (Å²) in [5.74, 6) is -0.153. The highest BCUT2D eigenvalue weighted by molar-refractivity contribution is 6.31. The number of alkyl halides is 1. The van der Waals surface area contributed by atoms with E-state index in [1.807, 2.05) is 0 Å². The molecule has 1 saturated heterocycles. The number of benzene rings is 1. The van der Waals surface area contributed by atoms with Crippen molar-refractivity contribution in [2.24, 2.45) is 0 Å². The molecule has 0 bridgehead atoms. The highest BCUT2D eigenvalue weighted by Crippen LogP contribution is 2.14. The molecule has 1 aromatic carbocycles. The Balaban J connectivity index is 1.98. The first-order chi connectivity index (χ1) is 9.11. The number of hydrogen-bond donors (Lipinski definition) is 0. The lowest BCUT2D eigenvalue weighted by Gasteiger charge is -2.34. The first kappa shape index (κ1) is 14.2. The molecular formula is C13H14Cl2N2O2. The Kier molecular flexibility index (Phi) is 4.66. The van der Waals surface area contributed by atoms with E-state index in [2.05, 4.69) is 0 Å². The second-order valence-electron chi connectivity index (χ2n) is 4.32. The minimum Gasteiger partial charge on any atom is -0.338 e. The average molecular weight is 301 g/mol. The Morgan fingerprint density at radius 3 is 2.32 bits per heavy atom. The largest absolute Gasteiger partial charge is 0.338 e. The second-order valence-corrected chi connectivity index (χ2v) is 5.02. The van der Waals surface area contributed by atoms with Gasteiger partial charge in [0.05, 0.1) is 0 Å². The summed E-state index contributed by atoms with van der Waals surface area (Å²) in [4.78, 5) is 27.1. The molecule has 102 valence electrons. The highest BCUT2D eigenvalue weighted by Gasteiger charge is 2.24. The molecule has 0 aromatic heterocycles. The molecule has 19 heavy (non-hydrogen) atoms. The van der Waals surface area contributed by atoms with Crippen LogP contribution in [-0.4, -0.2) is 53.7 Å². The van der Waals surface area contributed by atoms with Crippen molar-refractivity contribution in [3.63, 3.8) is 0 Å². The van der Waals surface area contributed by atoms with E-state index in [1.165, 1.54) is 0 Å². The molecule has 0 saturated carbocycles. The van der Waals surface area contributed by atoms with Crippen molar-refractivity contribution >= 4 is 35.0 Å².